The van der Waals surface area contributed by atoms with Gasteiger partial charge in [-0.3, -0.25) is 0 Å². The normalized spacial score (nSPS) is 11.3. The molecule has 0 spiro atoms. The number of ether oxygens (including phenoxy) is 1. The van der Waals surface area contributed by atoms with Gasteiger partial charge < -0.3 is 4.74 Å². The van der Waals surface area contributed by atoms with Crippen molar-refractivity contribution >= 4 is 10.0 Å². The molecule has 72 valence electrons. The van der Waals surface area contributed by atoms with Crippen LogP contribution in [-0.2, 0) is 10.0 Å². The number of nitrogens with zero attached hydrogens (tertiary/aromatic N) is 1. The molecule has 0 saturated carbocycles. The topological polar surface area (TPSA) is 82.3 Å². The van der Waals surface area contributed by atoms with E-state index in [2.05, 4.69) is 9.72 Å². The second kappa shape index (κ2) is 3.27. The Bertz CT molecular complexity index is 418. The molecular weight excluding hydrogens is 199 g/mol. The van der Waals surface area contributed by atoms with Gasteiger partial charge in [0.25, 0.3) is 16.0 Å². The number of primary sulfonamides is 1. The molecule has 1 aromatic rings. The van der Waals surface area contributed by atoms with Gasteiger partial charge in [0.2, 0.25) is 0 Å². The Balaban J connectivity index is 3.26. The lowest BCUT2D eigenvalue weighted by Crippen LogP contribution is -2.14. The minimum atomic E-state index is -3.96. The van der Waals surface area contributed by atoms with E-state index in [1.165, 1.54) is 7.11 Å². The number of nitrogens with two attached hydrogens (primary N) is 1. The van der Waals surface area contributed by atoms with E-state index in [0.29, 0.717) is 0 Å². The number of aromatic nitrogens is 1. The number of rotatable bonds is 2. The number of hydrogen-bond acceptors (Lipinski definition) is 4. The van der Waals surface area contributed by atoms with Gasteiger partial charge in [-0.25, -0.2) is 18.5 Å². The average Bonchev–Trinajstić information content (AvgIpc) is 2.02. The summed E-state index contributed by atoms with van der Waals surface area (Å²) in [7, 11) is -2.71. The first-order valence-electron chi connectivity index (χ1n) is 3.18. The summed E-state index contributed by atoms with van der Waals surface area (Å²) in [6.07, 6.45) is 0. The molecule has 0 atom stereocenters. The van der Waals surface area contributed by atoms with Crippen LogP contribution in [0.3, 0.4) is 0 Å². The summed E-state index contributed by atoms with van der Waals surface area (Å²) in [5.41, 5.74) is 0. The van der Waals surface area contributed by atoms with Crippen molar-refractivity contribution in [3.63, 3.8) is 0 Å². The van der Waals surface area contributed by atoms with Gasteiger partial charge in [-0.1, -0.05) is 0 Å². The zero-order valence-electron chi connectivity index (χ0n) is 6.69. The van der Waals surface area contributed by atoms with Crippen molar-refractivity contribution in [1.29, 1.82) is 0 Å². The third-order valence-electron chi connectivity index (χ3n) is 1.30. The van der Waals surface area contributed by atoms with E-state index < -0.39 is 21.0 Å². The van der Waals surface area contributed by atoms with Crippen molar-refractivity contribution in [3.05, 3.63) is 18.1 Å². The standard InChI is InChI=1S/C6H7FN2O3S/c1-12-4-2-3-5(9-6(4)7)13(8,10)11/h2-3H,1H3,(H2,8,10,11). The summed E-state index contributed by atoms with van der Waals surface area (Å²) in [4.78, 5) is 3.11. The predicted octanol–water partition coefficient (Wildman–Crippen LogP) is -0.123. The third kappa shape index (κ3) is 2.13. The Kier molecular flexibility index (Phi) is 2.48. The first-order chi connectivity index (χ1) is 5.95. The highest BCUT2D eigenvalue weighted by atomic mass is 32.2. The van der Waals surface area contributed by atoms with Crippen LogP contribution >= 0.6 is 0 Å². The molecule has 0 unspecified atom stereocenters. The van der Waals surface area contributed by atoms with E-state index >= 15 is 0 Å². The molecule has 1 rings (SSSR count). The van der Waals surface area contributed by atoms with Crippen LogP contribution < -0.4 is 9.88 Å². The van der Waals surface area contributed by atoms with Crippen LogP contribution in [-0.4, -0.2) is 20.5 Å². The lowest BCUT2D eigenvalue weighted by molar-refractivity contribution is 0.375. The van der Waals surface area contributed by atoms with Gasteiger partial charge in [-0.05, 0) is 12.1 Å². The molecule has 2 N–H and O–H groups in total. The SMILES string of the molecule is COc1ccc(S(N)(=O)=O)nc1F. The van der Waals surface area contributed by atoms with Crippen LogP contribution in [0.4, 0.5) is 4.39 Å². The summed E-state index contributed by atoms with van der Waals surface area (Å²) in [6, 6.07) is 2.21. The number of pyridine rings is 1. The lowest BCUT2D eigenvalue weighted by Gasteiger charge is -2.01. The molecule has 13 heavy (non-hydrogen) atoms. The molecule has 0 aromatic carbocycles. The van der Waals surface area contributed by atoms with Crippen LogP contribution in [0.1, 0.15) is 0 Å². The van der Waals surface area contributed by atoms with Crippen LogP contribution in [0.5, 0.6) is 5.75 Å². The Morgan fingerprint density at radius 1 is 1.54 bits per heavy atom. The monoisotopic (exact) mass is 206 g/mol. The quantitative estimate of drug-likeness (QED) is 0.683. The van der Waals surface area contributed by atoms with E-state index in [9.17, 15) is 12.8 Å². The molecule has 0 bridgehead atoms. The van der Waals surface area contributed by atoms with E-state index in [4.69, 9.17) is 5.14 Å². The highest BCUT2D eigenvalue weighted by Crippen LogP contribution is 2.15. The van der Waals surface area contributed by atoms with Crippen molar-refractivity contribution in [1.82, 2.24) is 4.98 Å². The molecule has 0 aliphatic rings. The molecule has 0 aliphatic carbocycles. The van der Waals surface area contributed by atoms with E-state index in [1.807, 2.05) is 0 Å². The molecule has 0 amide bonds. The molecule has 0 saturated heterocycles. The van der Waals surface area contributed by atoms with Crippen LogP contribution in [0, 0.1) is 5.95 Å². The highest BCUT2D eigenvalue weighted by molar-refractivity contribution is 7.89. The van der Waals surface area contributed by atoms with Gasteiger partial charge in [0.15, 0.2) is 10.8 Å². The minimum Gasteiger partial charge on any atom is -0.492 e. The maximum absolute atomic E-state index is 12.8. The Hall–Kier alpha value is -1.21. The van der Waals surface area contributed by atoms with Gasteiger partial charge in [0, 0.05) is 0 Å². The van der Waals surface area contributed by atoms with Crippen LogP contribution in [0.2, 0.25) is 0 Å². The van der Waals surface area contributed by atoms with Crippen molar-refractivity contribution in [2.75, 3.05) is 7.11 Å². The summed E-state index contributed by atoms with van der Waals surface area (Å²) < 4.78 is 38.7. The molecular formula is C6H7FN2O3S. The summed E-state index contributed by atoms with van der Waals surface area (Å²) in [6.45, 7) is 0. The molecule has 5 nitrogen and oxygen atoms in total. The largest absolute Gasteiger partial charge is 0.492 e. The molecule has 0 radical (unpaired) electrons. The molecule has 0 aliphatic heterocycles. The van der Waals surface area contributed by atoms with Crippen LogP contribution in [0.25, 0.3) is 0 Å². The highest BCUT2D eigenvalue weighted by Gasteiger charge is 2.13. The number of methoxy groups -OCH3 is 1. The molecule has 1 aromatic heterocycles. The second-order valence-corrected chi connectivity index (χ2v) is 3.70. The molecule has 7 heteroatoms. The van der Waals surface area contributed by atoms with Gasteiger partial charge in [-0.15, -0.1) is 0 Å². The van der Waals surface area contributed by atoms with Crippen molar-refractivity contribution < 1.29 is 17.5 Å². The summed E-state index contributed by atoms with van der Waals surface area (Å²) >= 11 is 0. The Labute approximate surface area is 74.4 Å². The predicted molar refractivity (Wildman–Crippen MR) is 42.1 cm³/mol. The fourth-order valence-electron chi connectivity index (χ4n) is 0.716. The van der Waals surface area contributed by atoms with Crippen molar-refractivity contribution in [3.8, 4) is 5.75 Å². The van der Waals surface area contributed by atoms with E-state index in [-0.39, 0.29) is 5.75 Å². The zero-order chi connectivity index (χ0) is 10.1. The maximum atomic E-state index is 12.8. The molecule has 0 fully saturated rings. The maximum Gasteiger partial charge on any atom is 0.256 e. The minimum absolute atomic E-state index is 0.132. The van der Waals surface area contributed by atoms with Crippen molar-refractivity contribution in [2.45, 2.75) is 5.03 Å². The lowest BCUT2D eigenvalue weighted by atomic mass is 10.4. The molecule has 1 heterocycles. The second-order valence-electron chi connectivity index (χ2n) is 2.19. The average molecular weight is 206 g/mol. The summed E-state index contributed by atoms with van der Waals surface area (Å²) in [5, 5.41) is 4.20. The third-order valence-corrected chi connectivity index (χ3v) is 2.11. The smallest absolute Gasteiger partial charge is 0.256 e. The van der Waals surface area contributed by atoms with E-state index in [1.54, 1.807) is 0 Å². The van der Waals surface area contributed by atoms with Gasteiger partial charge in [0.05, 0.1) is 7.11 Å². The zero-order valence-corrected chi connectivity index (χ0v) is 7.51. The fourth-order valence-corrected chi connectivity index (χ4v) is 1.18. The first-order valence-corrected chi connectivity index (χ1v) is 4.73. The van der Waals surface area contributed by atoms with Crippen molar-refractivity contribution in [2.24, 2.45) is 5.14 Å². The fraction of sp³-hybridized carbons (Fsp3) is 0.167. The number of sulfonamides is 1. The van der Waals surface area contributed by atoms with E-state index in [0.717, 1.165) is 12.1 Å². The number of hydrogen-bond donors (Lipinski definition) is 1. The van der Waals surface area contributed by atoms with Gasteiger partial charge >= 0.3 is 0 Å². The van der Waals surface area contributed by atoms with Gasteiger partial charge in [-0.2, -0.15) is 4.39 Å². The van der Waals surface area contributed by atoms with Crippen LogP contribution in [0.15, 0.2) is 17.2 Å². The first kappa shape index (κ1) is 9.87. The summed E-state index contributed by atoms with van der Waals surface area (Å²) in [5.74, 6) is -1.14. The number of halogens is 1. The van der Waals surface area contributed by atoms with Gasteiger partial charge in [0.1, 0.15) is 0 Å². The Morgan fingerprint density at radius 3 is 2.54 bits per heavy atom. The Morgan fingerprint density at radius 2 is 2.15 bits per heavy atom.